The fourth-order valence-electron chi connectivity index (χ4n) is 3.37. The number of ether oxygens (including phenoxy) is 1. The lowest BCUT2D eigenvalue weighted by Crippen LogP contribution is -2.47. The van der Waals surface area contributed by atoms with E-state index < -0.39 is 6.10 Å². The van der Waals surface area contributed by atoms with Crippen LogP contribution in [0.2, 0.25) is 0 Å². The van der Waals surface area contributed by atoms with Crippen LogP contribution in [-0.2, 0) is 0 Å². The monoisotopic (exact) mass is 368 g/mol. The summed E-state index contributed by atoms with van der Waals surface area (Å²) in [4.78, 5) is 14.5. The maximum Gasteiger partial charge on any atom is 0.251 e. The third-order valence-electron chi connectivity index (χ3n) is 4.95. The molecule has 1 heterocycles. The second-order valence-corrected chi connectivity index (χ2v) is 7.14. The van der Waals surface area contributed by atoms with E-state index >= 15 is 0 Å². The molecule has 0 aliphatic carbocycles. The predicted molar refractivity (Wildman–Crippen MR) is 106 cm³/mol. The van der Waals surface area contributed by atoms with E-state index in [9.17, 15) is 9.90 Å². The molecule has 1 aliphatic heterocycles. The summed E-state index contributed by atoms with van der Waals surface area (Å²) in [6.45, 7) is 4.60. The number of aliphatic hydroxyl groups is 1. The summed E-state index contributed by atoms with van der Waals surface area (Å²) in [5.41, 5.74) is 1.77. The number of aliphatic hydroxyl groups excluding tert-OH is 1. The summed E-state index contributed by atoms with van der Waals surface area (Å²) in [5, 5.41) is 13.4. The number of carbonyl (C=O) groups is 1. The topological polar surface area (TPSA) is 61.8 Å². The molecule has 144 valence electrons. The largest absolute Gasteiger partial charge is 0.491 e. The maximum absolute atomic E-state index is 12.2. The van der Waals surface area contributed by atoms with Crippen molar-refractivity contribution in [2.24, 2.45) is 0 Å². The Bertz CT molecular complexity index is 727. The lowest BCUT2D eigenvalue weighted by Gasteiger charge is -2.33. The van der Waals surface area contributed by atoms with Crippen LogP contribution in [-0.4, -0.2) is 54.3 Å². The smallest absolute Gasteiger partial charge is 0.251 e. The minimum absolute atomic E-state index is 0.0132. The minimum atomic E-state index is -0.528. The van der Waals surface area contributed by atoms with Crippen LogP contribution in [0.25, 0.3) is 0 Å². The second kappa shape index (κ2) is 9.53. The molecule has 0 spiro atoms. The number of hydrogen-bond acceptors (Lipinski definition) is 4. The van der Waals surface area contributed by atoms with Gasteiger partial charge in [-0.2, -0.15) is 0 Å². The first-order valence-corrected chi connectivity index (χ1v) is 9.56. The number of benzene rings is 2. The van der Waals surface area contributed by atoms with Gasteiger partial charge in [0.2, 0.25) is 0 Å². The van der Waals surface area contributed by atoms with Gasteiger partial charge in [0.15, 0.2) is 0 Å². The minimum Gasteiger partial charge on any atom is -0.491 e. The van der Waals surface area contributed by atoms with Gasteiger partial charge >= 0.3 is 0 Å². The Kier molecular flexibility index (Phi) is 6.85. The van der Waals surface area contributed by atoms with Crippen molar-refractivity contribution in [1.29, 1.82) is 0 Å². The number of piperidine rings is 1. The van der Waals surface area contributed by atoms with E-state index in [0.717, 1.165) is 37.2 Å². The van der Waals surface area contributed by atoms with Crippen molar-refractivity contribution < 1.29 is 14.6 Å². The van der Waals surface area contributed by atoms with Crippen molar-refractivity contribution in [1.82, 2.24) is 10.2 Å². The zero-order valence-electron chi connectivity index (χ0n) is 15.8. The molecule has 1 saturated heterocycles. The lowest BCUT2D eigenvalue weighted by molar-refractivity contribution is 0.0566. The molecule has 0 saturated carbocycles. The van der Waals surface area contributed by atoms with E-state index in [1.54, 1.807) is 0 Å². The van der Waals surface area contributed by atoms with Crippen molar-refractivity contribution in [2.45, 2.75) is 31.9 Å². The van der Waals surface area contributed by atoms with Crippen molar-refractivity contribution in [2.75, 3.05) is 26.2 Å². The summed E-state index contributed by atoms with van der Waals surface area (Å²) in [6, 6.07) is 17.3. The van der Waals surface area contributed by atoms with Gasteiger partial charge in [0, 0.05) is 31.2 Å². The normalized spacial score (nSPS) is 16.7. The molecule has 0 aromatic heterocycles. The number of aryl methyl sites for hydroxylation is 1. The number of amides is 1. The molecule has 2 aromatic rings. The Balaban J connectivity index is 1.37. The van der Waals surface area contributed by atoms with E-state index in [2.05, 4.69) is 10.2 Å². The third kappa shape index (κ3) is 5.81. The summed E-state index contributed by atoms with van der Waals surface area (Å²) in [7, 11) is 0. The van der Waals surface area contributed by atoms with E-state index in [-0.39, 0.29) is 18.6 Å². The summed E-state index contributed by atoms with van der Waals surface area (Å²) >= 11 is 0. The van der Waals surface area contributed by atoms with Crippen LogP contribution in [0, 0.1) is 6.92 Å². The average Bonchev–Trinajstić information content (AvgIpc) is 2.69. The Labute approximate surface area is 161 Å². The Morgan fingerprint density at radius 2 is 1.81 bits per heavy atom. The number of carbonyl (C=O) groups excluding carboxylic acids is 1. The van der Waals surface area contributed by atoms with Crippen LogP contribution >= 0.6 is 0 Å². The molecule has 0 bridgehead atoms. The molecular weight excluding hydrogens is 340 g/mol. The Morgan fingerprint density at radius 3 is 2.52 bits per heavy atom. The van der Waals surface area contributed by atoms with Crippen LogP contribution in [0.5, 0.6) is 5.75 Å². The van der Waals surface area contributed by atoms with Crippen LogP contribution in [0.1, 0.15) is 28.8 Å². The molecule has 5 nitrogen and oxygen atoms in total. The molecule has 5 heteroatoms. The Morgan fingerprint density at radius 1 is 1.15 bits per heavy atom. The quantitative estimate of drug-likeness (QED) is 0.789. The second-order valence-electron chi connectivity index (χ2n) is 7.14. The SMILES string of the molecule is Cc1ccccc1OC[C@@H](O)CN1CCC(NC(=O)c2ccccc2)CC1. The zero-order valence-corrected chi connectivity index (χ0v) is 15.8. The average molecular weight is 368 g/mol. The highest BCUT2D eigenvalue weighted by atomic mass is 16.5. The first kappa shape index (κ1) is 19.4. The molecule has 2 aromatic carbocycles. The number of β-amino-alcohol motifs (C(OH)–C–C–N with tert-alkyl or cyclic N) is 1. The number of hydrogen-bond donors (Lipinski definition) is 2. The molecule has 0 radical (unpaired) electrons. The van der Waals surface area contributed by atoms with Gasteiger partial charge in [0.25, 0.3) is 5.91 Å². The predicted octanol–water partition coefficient (Wildman–Crippen LogP) is 2.63. The van der Waals surface area contributed by atoms with Crippen LogP contribution in [0.15, 0.2) is 54.6 Å². The van der Waals surface area contributed by atoms with E-state index in [4.69, 9.17) is 4.74 Å². The zero-order chi connectivity index (χ0) is 19.1. The van der Waals surface area contributed by atoms with Gasteiger partial charge in [-0.15, -0.1) is 0 Å². The molecule has 2 N–H and O–H groups in total. The fraction of sp³-hybridized carbons (Fsp3) is 0.409. The van der Waals surface area contributed by atoms with Gasteiger partial charge in [-0.1, -0.05) is 36.4 Å². The van der Waals surface area contributed by atoms with Gasteiger partial charge in [0.05, 0.1) is 0 Å². The van der Waals surface area contributed by atoms with Gasteiger partial charge in [0.1, 0.15) is 18.5 Å². The van der Waals surface area contributed by atoms with Gasteiger partial charge in [-0.25, -0.2) is 0 Å². The highest BCUT2D eigenvalue weighted by Crippen LogP contribution is 2.17. The van der Waals surface area contributed by atoms with E-state index in [1.807, 2.05) is 61.5 Å². The molecule has 3 rings (SSSR count). The van der Waals surface area contributed by atoms with Crippen molar-refractivity contribution in [3.05, 3.63) is 65.7 Å². The number of likely N-dealkylation sites (tertiary alicyclic amines) is 1. The van der Waals surface area contributed by atoms with Crippen molar-refractivity contribution in [3.8, 4) is 5.75 Å². The Hall–Kier alpha value is -2.37. The van der Waals surface area contributed by atoms with Crippen LogP contribution in [0.3, 0.4) is 0 Å². The molecule has 27 heavy (non-hydrogen) atoms. The van der Waals surface area contributed by atoms with Gasteiger partial charge in [-0.05, 0) is 43.5 Å². The van der Waals surface area contributed by atoms with Gasteiger partial charge in [-0.3, -0.25) is 4.79 Å². The summed E-state index contributed by atoms with van der Waals surface area (Å²) < 4.78 is 5.73. The number of rotatable bonds is 7. The number of nitrogens with zero attached hydrogens (tertiary/aromatic N) is 1. The molecule has 1 fully saturated rings. The summed E-state index contributed by atoms with van der Waals surface area (Å²) in [5.74, 6) is 0.805. The standard InChI is InChI=1S/C22H28N2O3/c1-17-7-5-6-10-21(17)27-16-20(25)15-24-13-11-19(12-14-24)23-22(26)18-8-3-2-4-9-18/h2-10,19-20,25H,11-16H2,1H3,(H,23,26)/t20-/m0/s1. The molecular formula is C22H28N2O3. The molecule has 1 amide bonds. The molecule has 1 aliphatic rings. The lowest BCUT2D eigenvalue weighted by atomic mass is 10.0. The van der Waals surface area contributed by atoms with E-state index in [1.165, 1.54) is 0 Å². The molecule has 1 atom stereocenters. The van der Waals surface area contributed by atoms with Crippen LogP contribution < -0.4 is 10.1 Å². The first-order chi connectivity index (χ1) is 13.1. The van der Waals surface area contributed by atoms with E-state index in [0.29, 0.717) is 12.1 Å². The van der Waals surface area contributed by atoms with Crippen LogP contribution in [0.4, 0.5) is 0 Å². The highest BCUT2D eigenvalue weighted by molar-refractivity contribution is 5.94. The third-order valence-corrected chi connectivity index (χ3v) is 4.95. The summed E-state index contributed by atoms with van der Waals surface area (Å²) in [6.07, 6.45) is 1.26. The fourth-order valence-corrected chi connectivity index (χ4v) is 3.37. The maximum atomic E-state index is 12.2. The first-order valence-electron chi connectivity index (χ1n) is 9.56. The van der Waals surface area contributed by atoms with Gasteiger partial charge < -0.3 is 20.1 Å². The highest BCUT2D eigenvalue weighted by Gasteiger charge is 2.22. The van der Waals surface area contributed by atoms with Crippen molar-refractivity contribution in [3.63, 3.8) is 0 Å². The number of nitrogens with one attached hydrogen (secondary N) is 1. The molecule has 0 unspecified atom stereocenters. The number of para-hydroxylation sites is 1. The van der Waals surface area contributed by atoms with Crippen molar-refractivity contribution >= 4 is 5.91 Å².